The maximum absolute atomic E-state index is 14.6. The molecule has 236 valence electrons. The minimum Gasteiger partial charge on any atom is -0.495 e. The van der Waals surface area contributed by atoms with Crippen LogP contribution in [0.25, 0.3) is 0 Å². The number of benzene rings is 4. The van der Waals surface area contributed by atoms with Gasteiger partial charge in [0.15, 0.2) is 0 Å². The largest absolute Gasteiger partial charge is 0.495 e. The SMILES string of the molecule is COc1ccccc1N(CC(=O)N(Cc1ccccc1Cl)[C@H](Cc1ccccc1)C(=O)NC(C)C)S(=O)(=O)c1ccc(C)cc1. The van der Waals surface area contributed by atoms with Gasteiger partial charge in [0.05, 0.1) is 17.7 Å². The number of amides is 2. The molecule has 0 heterocycles. The predicted octanol–water partition coefficient (Wildman–Crippen LogP) is 6.02. The number of sulfonamides is 1. The molecule has 0 aliphatic heterocycles. The van der Waals surface area contributed by atoms with Gasteiger partial charge in [-0.15, -0.1) is 0 Å². The van der Waals surface area contributed by atoms with Crippen LogP contribution in [0.5, 0.6) is 5.75 Å². The van der Waals surface area contributed by atoms with Crippen molar-refractivity contribution >= 4 is 39.1 Å². The van der Waals surface area contributed by atoms with E-state index in [4.69, 9.17) is 16.3 Å². The molecule has 0 bridgehead atoms. The van der Waals surface area contributed by atoms with Crippen LogP contribution >= 0.6 is 11.6 Å². The molecule has 0 spiro atoms. The number of nitrogens with one attached hydrogen (secondary N) is 1. The van der Waals surface area contributed by atoms with E-state index < -0.39 is 28.5 Å². The van der Waals surface area contributed by atoms with Crippen molar-refractivity contribution in [3.63, 3.8) is 0 Å². The van der Waals surface area contributed by atoms with Gasteiger partial charge in [-0.25, -0.2) is 8.42 Å². The molecule has 2 amide bonds. The summed E-state index contributed by atoms with van der Waals surface area (Å²) in [5.41, 5.74) is 2.54. The lowest BCUT2D eigenvalue weighted by Gasteiger charge is -2.34. The number of anilines is 1. The van der Waals surface area contributed by atoms with Crippen molar-refractivity contribution < 1.29 is 22.7 Å². The van der Waals surface area contributed by atoms with Crippen molar-refractivity contribution in [2.45, 2.75) is 50.7 Å². The van der Waals surface area contributed by atoms with Crippen molar-refractivity contribution in [3.8, 4) is 5.75 Å². The lowest BCUT2D eigenvalue weighted by Crippen LogP contribution is -2.54. The zero-order valence-corrected chi connectivity index (χ0v) is 27.4. The van der Waals surface area contributed by atoms with Crippen LogP contribution in [-0.4, -0.2) is 50.9 Å². The van der Waals surface area contributed by atoms with Crippen LogP contribution in [-0.2, 0) is 32.6 Å². The summed E-state index contributed by atoms with van der Waals surface area (Å²) < 4.78 is 35.0. The van der Waals surface area contributed by atoms with Crippen molar-refractivity contribution in [1.29, 1.82) is 0 Å². The second-order valence-corrected chi connectivity index (χ2v) is 13.2. The Kier molecular flexibility index (Phi) is 11.3. The Morgan fingerprint density at radius 2 is 1.49 bits per heavy atom. The van der Waals surface area contributed by atoms with Gasteiger partial charge in [-0.3, -0.25) is 13.9 Å². The van der Waals surface area contributed by atoms with Crippen LogP contribution in [0.3, 0.4) is 0 Å². The first-order valence-electron chi connectivity index (χ1n) is 14.6. The highest BCUT2D eigenvalue weighted by molar-refractivity contribution is 7.92. The average Bonchev–Trinajstić information content (AvgIpc) is 3.02. The monoisotopic (exact) mass is 647 g/mol. The number of carbonyl (C=O) groups is 2. The number of halogens is 1. The fourth-order valence-corrected chi connectivity index (χ4v) is 6.55. The molecule has 45 heavy (non-hydrogen) atoms. The number of carbonyl (C=O) groups excluding carboxylic acids is 2. The Morgan fingerprint density at radius 3 is 2.13 bits per heavy atom. The molecular weight excluding hydrogens is 610 g/mol. The number of rotatable bonds is 13. The summed E-state index contributed by atoms with van der Waals surface area (Å²) in [6, 6.07) is 28.3. The number of aryl methyl sites for hydroxylation is 1. The summed E-state index contributed by atoms with van der Waals surface area (Å²) >= 11 is 6.55. The van der Waals surface area contributed by atoms with Gasteiger partial charge < -0.3 is 15.0 Å². The lowest BCUT2D eigenvalue weighted by atomic mass is 10.0. The summed E-state index contributed by atoms with van der Waals surface area (Å²) in [5.74, 6) is -0.673. The number of methoxy groups -OCH3 is 1. The van der Waals surface area contributed by atoms with E-state index in [1.54, 1.807) is 60.7 Å². The van der Waals surface area contributed by atoms with Gasteiger partial charge in [0.2, 0.25) is 11.8 Å². The molecule has 1 N–H and O–H groups in total. The van der Waals surface area contributed by atoms with Crippen molar-refractivity contribution in [2.75, 3.05) is 18.0 Å². The van der Waals surface area contributed by atoms with E-state index in [0.29, 0.717) is 10.6 Å². The standard InChI is InChI=1S/C35H38ClN3O5S/c1-25(2)37-35(41)32(22-27-12-6-5-7-13-27)38(23-28-14-8-9-15-30(28)36)34(40)24-39(31-16-10-11-17-33(31)44-4)45(42,43)29-20-18-26(3)19-21-29/h5-21,25,32H,22-24H2,1-4H3,(H,37,41)/t32-/m1/s1. The molecule has 8 nitrogen and oxygen atoms in total. The van der Waals surface area contributed by atoms with Crippen molar-refractivity contribution in [3.05, 3.63) is 125 Å². The smallest absolute Gasteiger partial charge is 0.264 e. The third-order valence-corrected chi connectivity index (χ3v) is 9.38. The number of hydrogen-bond acceptors (Lipinski definition) is 5. The molecule has 10 heteroatoms. The molecule has 0 fully saturated rings. The second-order valence-electron chi connectivity index (χ2n) is 11.0. The number of para-hydroxylation sites is 2. The summed E-state index contributed by atoms with van der Waals surface area (Å²) in [6.07, 6.45) is 0.203. The zero-order chi connectivity index (χ0) is 32.6. The van der Waals surface area contributed by atoms with Crippen molar-refractivity contribution in [2.24, 2.45) is 0 Å². The maximum Gasteiger partial charge on any atom is 0.264 e. The van der Waals surface area contributed by atoms with Crippen LogP contribution in [0.1, 0.15) is 30.5 Å². The van der Waals surface area contributed by atoms with Gasteiger partial charge in [-0.1, -0.05) is 90.0 Å². The van der Waals surface area contributed by atoms with Gasteiger partial charge in [0.1, 0.15) is 18.3 Å². The van der Waals surface area contributed by atoms with Gasteiger partial charge in [-0.2, -0.15) is 0 Å². The first-order valence-corrected chi connectivity index (χ1v) is 16.4. The van der Waals surface area contributed by atoms with E-state index in [0.717, 1.165) is 15.4 Å². The Hall–Kier alpha value is -4.34. The fourth-order valence-electron chi connectivity index (χ4n) is 4.93. The van der Waals surface area contributed by atoms with E-state index in [2.05, 4.69) is 5.32 Å². The summed E-state index contributed by atoms with van der Waals surface area (Å²) in [6.45, 7) is 4.93. The normalized spacial score (nSPS) is 12.0. The second kappa shape index (κ2) is 15.1. The highest BCUT2D eigenvalue weighted by atomic mass is 35.5. The highest BCUT2D eigenvalue weighted by Crippen LogP contribution is 2.33. The molecular formula is C35H38ClN3O5S. The van der Waals surface area contributed by atoms with Crippen LogP contribution in [0, 0.1) is 6.92 Å². The van der Waals surface area contributed by atoms with E-state index in [1.807, 2.05) is 51.1 Å². The third-order valence-electron chi connectivity index (χ3n) is 7.24. The topological polar surface area (TPSA) is 96.0 Å². The van der Waals surface area contributed by atoms with Gasteiger partial charge in [-0.05, 0) is 62.2 Å². The van der Waals surface area contributed by atoms with Crippen LogP contribution < -0.4 is 14.4 Å². The van der Waals surface area contributed by atoms with Crippen LogP contribution in [0.4, 0.5) is 5.69 Å². The first kappa shape index (κ1) is 33.6. The van der Waals surface area contributed by atoms with Gasteiger partial charge in [0, 0.05) is 24.0 Å². The first-order chi connectivity index (χ1) is 21.5. The maximum atomic E-state index is 14.6. The van der Waals surface area contributed by atoms with Crippen LogP contribution in [0.2, 0.25) is 5.02 Å². The molecule has 0 saturated carbocycles. The molecule has 1 atom stereocenters. The molecule has 0 aliphatic rings. The number of ether oxygens (including phenoxy) is 1. The van der Waals surface area contributed by atoms with Crippen LogP contribution in [0.15, 0.2) is 108 Å². The molecule has 0 unspecified atom stereocenters. The summed E-state index contributed by atoms with van der Waals surface area (Å²) in [4.78, 5) is 29.8. The number of hydrogen-bond donors (Lipinski definition) is 1. The highest BCUT2D eigenvalue weighted by Gasteiger charge is 2.35. The minimum absolute atomic E-state index is 0.0165. The Balaban J connectivity index is 1.84. The quantitative estimate of drug-likeness (QED) is 0.192. The molecule has 0 saturated heterocycles. The van der Waals surface area contributed by atoms with Gasteiger partial charge in [0.25, 0.3) is 10.0 Å². The Labute approximate surface area is 270 Å². The van der Waals surface area contributed by atoms with E-state index in [9.17, 15) is 18.0 Å². The van der Waals surface area contributed by atoms with Gasteiger partial charge >= 0.3 is 0 Å². The molecule has 0 aliphatic carbocycles. The minimum atomic E-state index is -4.26. The average molecular weight is 648 g/mol. The Morgan fingerprint density at radius 1 is 0.867 bits per heavy atom. The summed E-state index contributed by atoms with van der Waals surface area (Å²) in [7, 11) is -2.82. The number of nitrogens with zero attached hydrogens (tertiary/aromatic N) is 2. The fraction of sp³-hybridized carbons (Fsp3) is 0.257. The molecule has 0 aromatic heterocycles. The van der Waals surface area contributed by atoms with E-state index in [-0.39, 0.29) is 41.2 Å². The van der Waals surface area contributed by atoms with E-state index >= 15 is 0 Å². The van der Waals surface area contributed by atoms with Crippen molar-refractivity contribution in [1.82, 2.24) is 10.2 Å². The lowest BCUT2D eigenvalue weighted by molar-refractivity contribution is -0.140. The molecule has 0 radical (unpaired) electrons. The molecule has 4 aromatic carbocycles. The zero-order valence-electron chi connectivity index (χ0n) is 25.8. The summed E-state index contributed by atoms with van der Waals surface area (Å²) in [5, 5.41) is 3.37. The van der Waals surface area contributed by atoms with E-state index in [1.165, 1.54) is 24.1 Å². The molecule has 4 rings (SSSR count). The molecule has 4 aromatic rings. The predicted molar refractivity (Wildman–Crippen MR) is 178 cm³/mol. The Bertz CT molecular complexity index is 1710. The third kappa shape index (κ3) is 8.44.